The van der Waals surface area contributed by atoms with E-state index in [2.05, 4.69) is 0 Å². The molecule has 10 heteroatoms. The summed E-state index contributed by atoms with van der Waals surface area (Å²) in [6.45, 7) is -1.20. The molecule has 0 aliphatic carbocycles. The number of benzene rings is 2. The van der Waals surface area contributed by atoms with Gasteiger partial charge in [-0.15, -0.1) is 0 Å². The fourth-order valence-electron chi connectivity index (χ4n) is 4.25. The molecule has 1 fully saturated rings. The lowest BCUT2D eigenvalue weighted by Gasteiger charge is -2.31. The van der Waals surface area contributed by atoms with Crippen molar-refractivity contribution in [2.45, 2.75) is 31.5 Å². The normalized spacial score (nSPS) is 14.6. The summed E-state index contributed by atoms with van der Waals surface area (Å²) in [6, 6.07) is 9.60. The summed E-state index contributed by atoms with van der Waals surface area (Å²) >= 11 is 0. The second-order valence-corrected chi connectivity index (χ2v) is 8.27. The maximum Gasteiger partial charge on any atom is 0.332 e. The van der Waals surface area contributed by atoms with Crippen LogP contribution in [0.3, 0.4) is 0 Å². The number of alkyl halides is 2. The lowest BCUT2D eigenvalue weighted by atomic mass is 10.0. The molecular formula is C24H24F3N3O4. The molecule has 1 amide bonds. The predicted molar refractivity (Wildman–Crippen MR) is 120 cm³/mol. The molecule has 0 saturated carbocycles. The van der Waals surface area contributed by atoms with Crippen molar-refractivity contribution in [2.24, 2.45) is 0 Å². The van der Waals surface area contributed by atoms with Crippen LogP contribution in [-0.4, -0.2) is 53.0 Å². The second kappa shape index (κ2) is 10.1. The minimum atomic E-state index is -1.29. The molecule has 3 aromatic rings. The van der Waals surface area contributed by atoms with Crippen LogP contribution in [-0.2, 0) is 11.3 Å². The molecule has 4 rings (SSSR count). The van der Waals surface area contributed by atoms with Crippen molar-refractivity contribution in [3.63, 3.8) is 0 Å². The third kappa shape index (κ3) is 4.71. The van der Waals surface area contributed by atoms with Gasteiger partial charge in [0.15, 0.2) is 6.10 Å². The van der Waals surface area contributed by atoms with Crippen LogP contribution >= 0.6 is 0 Å². The maximum absolute atomic E-state index is 13.5. The van der Waals surface area contributed by atoms with E-state index in [1.165, 1.54) is 47.0 Å². The summed E-state index contributed by atoms with van der Waals surface area (Å²) in [5, 5.41) is 0.161. The van der Waals surface area contributed by atoms with Gasteiger partial charge in [-0.05, 0) is 48.7 Å². The third-order valence-electron chi connectivity index (χ3n) is 6.05. The third-order valence-corrected chi connectivity index (χ3v) is 6.05. The van der Waals surface area contributed by atoms with E-state index in [0.717, 1.165) is 11.0 Å². The van der Waals surface area contributed by atoms with Crippen molar-refractivity contribution in [1.29, 1.82) is 0 Å². The van der Waals surface area contributed by atoms with Gasteiger partial charge in [0.2, 0.25) is 6.41 Å². The quantitative estimate of drug-likeness (QED) is 0.470. The Kier molecular flexibility index (Phi) is 7.04. The summed E-state index contributed by atoms with van der Waals surface area (Å²) in [5.41, 5.74) is -0.178. The van der Waals surface area contributed by atoms with Crippen LogP contribution in [0.15, 0.2) is 52.1 Å². The predicted octanol–water partition coefficient (Wildman–Crippen LogP) is 2.83. The van der Waals surface area contributed by atoms with Crippen LogP contribution in [0.4, 0.5) is 13.2 Å². The van der Waals surface area contributed by atoms with Crippen LogP contribution in [0.1, 0.15) is 24.4 Å². The van der Waals surface area contributed by atoms with Gasteiger partial charge in [-0.2, -0.15) is 0 Å². The number of likely N-dealkylation sites (tertiary alicyclic amines) is 1. The Bertz CT molecular complexity index is 1280. The highest BCUT2D eigenvalue weighted by Gasteiger charge is 2.25. The number of hydrogen-bond acceptors (Lipinski definition) is 4. The van der Waals surface area contributed by atoms with Gasteiger partial charge < -0.3 is 9.64 Å². The summed E-state index contributed by atoms with van der Waals surface area (Å²) in [5.74, 6) is -0.328. The summed E-state index contributed by atoms with van der Waals surface area (Å²) in [4.78, 5) is 39.6. The molecule has 0 N–H and O–H groups in total. The van der Waals surface area contributed by atoms with E-state index in [0.29, 0.717) is 37.0 Å². The number of ether oxygens (including phenoxy) is 1. The monoisotopic (exact) mass is 475 g/mol. The number of hydrogen-bond donors (Lipinski definition) is 0. The first-order valence-electron chi connectivity index (χ1n) is 11.0. The minimum absolute atomic E-state index is 0.0796. The zero-order valence-electron chi connectivity index (χ0n) is 18.3. The van der Waals surface area contributed by atoms with Crippen molar-refractivity contribution < 1.29 is 22.7 Å². The molecule has 1 aliphatic heterocycles. The molecule has 2 heterocycles. The lowest BCUT2D eigenvalue weighted by Crippen LogP contribution is -2.44. The van der Waals surface area contributed by atoms with Crippen molar-refractivity contribution in [1.82, 2.24) is 14.0 Å². The van der Waals surface area contributed by atoms with Crippen molar-refractivity contribution in [2.75, 3.05) is 26.4 Å². The number of carbonyl (C=O) groups is 1. The van der Waals surface area contributed by atoms with Crippen LogP contribution < -0.4 is 16.0 Å². The smallest absolute Gasteiger partial charge is 0.332 e. The number of piperidine rings is 1. The highest BCUT2D eigenvalue weighted by molar-refractivity contribution is 5.80. The minimum Gasteiger partial charge on any atom is -0.485 e. The molecule has 1 aromatic heterocycles. The summed E-state index contributed by atoms with van der Waals surface area (Å²) in [7, 11) is 0. The van der Waals surface area contributed by atoms with Gasteiger partial charge in [0.05, 0.1) is 17.4 Å². The topological polar surface area (TPSA) is 73.5 Å². The Balaban J connectivity index is 1.85. The standard InChI is InChI=1S/C24H24F3N3O4/c25-12-20(13-26)34-19-5-6-22-21(11-19)23(32)29(14-16-1-3-17(27)4-2-16)24(33)30(22)18-7-9-28(15-31)10-8-18/h1-6,11,15,18,20H,7-10,12-14H2. The van der Waals surface area contributed by atoms with Gasteiger partial charge >= 0.3 is 5.69 Å². The number of aromatic nitrogens is 2. The van der Waals surface area contributed by atoms with Gasteiger partial charge in [0.25, 0.3) is 5.56 Å². The molecule has 0 radical (unpaired) electrons. The number of nitrogens with zero attached hydrogens (tertiary/aromatic N) is 3. The molecule has 1 aliphatic rings. The molecule has 180 valence electrons. The first-order valence-corrected chi connectivity index (χ1v) is 11.0. The number of rotatable bonds is 8. The van der Waals surface area contributed by atoms with Crippen molar-refractivity contribution >= 4 is 17.3 Å². The molecule has 2 aromatic carbocycles. The van der Waals surface area contributed by atoms with E-state index in [-0.39, 0.29) is 23.7 Å². The SMILES string of the molecule is O=CN1CCC(n2c(=O)n(Cc3ccc(F)cc3)c(=O)c3cc(OC(CF)CF)ccc32)CC1. The van der Waals surface area contributed by atoms with Crippen molar-refractivity contribution in [3.8, 4) is 5.75 Å². The van der Waals surface area contributed by atoms with Crippen molar-refractivity contribution in [3.05, 3.63) is 74.7 Å². The van der Waals surface area contributed by atoms with E-state index in [1.54, 1.807) is 4.90 Å². The van der Waals surface area contributed by atoms with Gasteiger partial charge in [0.1, 0.15) is 24.9 Å². The Morgan fingerprint density at radius 1 is 1.03 bits per heavy atom. The largest absolute Gasteiger partial charge is 0.485 e. The molecule has 34 heavy (non-hydrogen) atoms. The van der Waals surface area contributed by atoms with Gasteiger partial charge in [-0.25, -0.2) is 18.0 Å². The maximum atomic E-state index is 13.5. The van der Waals surface area contributed by atoms with Gasteiger partial charge in [-0.3, -0.25) is 18.7 Å². The molecule has 0 spiro atoms. The Hall–Kier alpha value is -3.56. The van der Waals surface area contributed by atoms with E-state index >= 15 is 0 Å². The fraction of sp³-hybridized carbons (Fsp3) is 0.375. The molecule has 0 atom stereocenters. The van der Waals surface area contributed by atoms with Gasteiger partial charge in [0, 0.05) is 19.1 Å². The zero-order chi connectivity index (χ0) is 24.2. The molecule has 0 bridgehead atoms. The molecule has 1 saturated heterocycles. The summed E-state index contributed by atoms with van der Waals surface area (Å²) < 4.78 is 47.2. The Morgan fingerprint density at radius 3 is 2.32 bits per heavy atom. The fourth-order valence-corrected chi connectivity index (χ4v) is 4.25. The first kappa shape index (κ1) is 23.6. The lowest BCUT2D eigenvalue weighted by molar-refractivity contribution is -0.119. The highest BCUT2D eigenvalue weighted by atomic mass is 19.1. The van der Waals surface area contributed by atoms with Crippen LogP contribution in [0, 0.1) is 5.82 Å². The van der Waals surface area contributed by atoms with Crippen LogP contribution in [0.2, 0.25) is 0 Å². The summed E-state index contributed by atoms with van der Waals surface area (Å²) in [6.07, 6.45) is 0.513. The van der Waals surface area contributed by atoms with Gasteiger partial charge in [-0.1, -0.05) is 12.1 Å². The first-order chi connectivity index (χ1) is 16.4. The number of halogens is 3. The Morgan fingerprint density at radius 2 is 1.71 bits per heavy atom. The average Bonchev–Trinajstić information content (AvgIpc) is 2.87. The molecule has 0 unspecified atom stereocenters. The van der Waals surface area contributed by atoms with E-state index < -0.39 is 36.5 Å². The average molecular weight is 475 g/mol. The number of amides is 1. The second-order valence-electron chi connectivity index (χ2n) is 8.27. The van der Waals surface area contributed by atoms with E-state index in [9.17, 15) is 27.6 Å². The van der Waals surface area contributed by atoms with E-state index in [4.69, 9.17) is 4.74 Å². The number of carbonyl (C=O) groups excluding carboxylic acids is 1. The molecular weight excluding hydrogens is 451 g/mol. The Labute approximate surface area is 193 Å². The zero-order valence-corrected chi connectivity index (χ0v) is 18.3. The van der Waals surface area contributed by atoms with E-state index in [1.807, 2.05) is 0 Å². The number of fused-ring (bicyclic) bond motifs is 1. The van der Waals surface area contributed by atoms with Crippen LogP contribution in [0.25, 0.3) is 10.9 Å². The van der Waals surface area contributed by atoms with Crippen LogP contribution in [0.5, 0.6) is 5.75 Å². The molecule has 7 nitrogen and oxygen atoms in total. The highest BCUT2D eigenvalue weighted by Crippen LogP contribution is 2.26.